The average molecular weight is 233 g/mol. The summed E-state index contributed by atoms with van der Waals surface area (Å²) in [6, 6.07) is 0.599. The molecule has 0 bridgehead atoms. The van der Waals surface area contributed by atoms with E-state index in [1.54, 1.807) is 0 Å². The zero-order valence-corrected chi connectivity index (χ0v) is 10.6. The Morgan fingerprint density at radius 1 is 1.20 bits per heavy atom. The molecule has 0 amide bonds. The van der Waals surface area contributed by atoms with E-state index in [1.807, 2.05) is 6.92 Å². The van der Waals surface area contributed by atoms with Crippen LogP contribution >= 0.6 is 0 Å². The van der Waals surface area contributed by atoms with Gasteiger partial charge in [0.15, 0.2) is 9.84 Å². The van der Waals surface area contributed by atoms with Crippen molar-refractivity contribution in [3.63, 3.8) is 0 Å². The highest BCUT2D eigenvalue weighted by atomic mass is 32.2. The molecule has 4 heteroatoms. The molecule has 1 N–H and O–H groups in total. The minimum Gasteiger partial charge on any atom is -0.313 e. The summed E-state index contributed by atoms with van der Waals surface area (Å²) in [5, 5.41) is 3.33. The molecule has 1 fully saturated rings. The van der Waals surface area contributed by atoms with Crippen LogP contribution in [0.5, 0.6) is 0 Å². The molecule has 0 aliphatic heterocycles. The van der Waals surface area contributed by atoms with Crippen molar-refractivity contribution < 1.29 is 8.42 Å². The van der Waals surface area contributed by atoms with Crippen molar-refractivity contribution in [3.05, 3.63) is 0 Å². The fourth-order valence-corrected chi connectivity index (χ4v) is 3.26. The second kappa shape index (κ2) is 5.85. The lowest BCUT2D eigenvalue weighted by atomic mass is 10.2. The van der Waals surface area contributed by atoms with E-state index in [9.17, 15) is 8.42 Å². The Kier molecular flexibility index (Phi) is 5.06. The van der Waals surface area contributed by atoms with E-state index in [0.29, 0.717) is 24.1 Å². The number of hydrogen-bond donors (Lipinski definition) is 1. The van der Waals surface area contributed by atoms with Crippen LogP contribution in [-0.4, -0.2) is 32.5 Å². The number of sulfone groups is 1. The van der Waals surface area contributed by atoms with E-state index >= 15 is 0 Å². The van der Waals surface area contributed by atoms with E-state index < -0.39 is 9.84 Å². The van der Waals surface area contributed by atoms with Crippen molar-refractivity contribution in [3.8, 4) is 0 Å². The van der Waals surface area contributed by atoms with Crippen LogP contribution in [0.15, 0.2) is 0 Å². The lowest BCUT2D eigenvalue weighted by molar-refractivity contribution is 0.581. The van der Waals surface area contributed by atoms with E-state index in [4.69, 9.17) is 0 Å². The molecule has 0 heterocycles. The van der Waals surface area contributed by atoms with Crippen LogP contribution in [0.4, 0.5) is 0 Å². The van der Waals surface area contributed by atoms with E-state index in [2.05, 4.69) is 12.2 Å². The van der Waals surface area contributed by atoms with Gasteiger partial charge >= 0.3 is 0 Å². The predicted octanol–water partition coefficient (Wildman–Crippen LogP) is 1.59. The summed E-state index contributed by atoms with van der Waals surface area (Å²) in [6.07, 6.45) is 4.47. The first-order chi connectivity index (χ1) is 7.09. The average Bonchev–Trinajstić information content (AvgIpc) is 2.84. The van der Waals surface area contributed by atoms with Crippen molar-refractivity contribution in [1.82, 2.24) is 5.32 Å². The molecule has 0 spiro atoms. The first-order valence-electron chi connectivity index (χ1n) is 6.03. The maximum Gasteiger partial charge on any atom is 0.151 e. The molecule has 1 aliphatic rings. The fourth-order valence-electron chi connectivity index (χ4n) is 2.00. The summed E-state index contributed by atoms with van der Waals surface area (Å²) in [6.45, 7) is 4.73. The Hall–Kier alpha value is -0.0900. The van der Waals surface area contributed by atoms with Gasteiger partial charge in [0.05, 0.1) is 5.75 Å². The summed E-state index contributed by atoms with van der Waals surface area (Å²) >= 11 is 0. The molecule has 2 unspecified atom stereocenters. The van der Waals surface area contributed by atoms with Crippen LogP contribution in [0.2, 0.25) is 0 Å². The highest BCUT2D eigenvalue weighted by molar-refractivity contribution is 7.91. The molecule has 15 heavy (non-hydrogen) atoms. The Bertz CT molecular complexity index is 274. The lowest BCUT2D eigenvalue weighted by Crippen LogP contribution is -2.26. The SMILES string of the molecule is CCCC1CC1NCCS(=O)(=O)CCC. The molecule has 2 atom stereocenters. The summed E-state index contributed by atoms with van der Waals surface area (Å²) in [4.78, 5) is 0. The van der Waals surface area contributed by atoms with Crippen molar-refractivity contribution in [2.75, 3.05) is 18.1 Å². The van der Waals surface area contributed by atoms with Gasteiger partial charge in [-0.25, -0.2) is 8.42 Å². The molecule has 1 saturated carbocycles. The zero-order chi connectivity index (χ0) is 11.3. The Labute approximate surface area is 93.6 Å². The number of nitrogens with one attached hydrogen (secondary N) is 1. The molecule has 90 valence electrons. The van der Waals surface area contributed by atoms with Crippen LogP contribution in [0, 0.1) is 5.92 Å². The van der Waals surface area contributed by atoms with Crippen molar-refractivity contribution in [1.29, 1.82) is 0 Å². The van der Waals surface area contributed by atoms with Gasteiger partial charge < -0.3 is 5.32 Å². The first-order valence-corrected chi connectivity index (χ1v) is 7.85. The van der Waals surface area contributed by atoms with Crippen molar-refractivity contribution in [2.45, 2.75) is 45.6 Å². The monoisotopic (exact) mass is 233 g/mol. The van der Waals surface area contributed by atoms with Gasteiger partial charge in [-0.2, -0.15) is 0 Å². The van der Waals surface area contributed by atoms with Gasteiger partial charge in [0, 0.05) is 18.3 Å². The Morgan fingerprint density at radius 2 is 1.93 bits per heavy atom. The topological polar surface area (TPSA) is 46.2 Å². The number of hydrogen-bond acceptors (Lipinski definition) is 3. The minimum atomic E-state index is -2.79. The summed E-state index contributed by atoms with van der Waals surface area (Å²) in [5.41, 5.74) is 0. The Morgan fingerprint density at radius 3 is 2.53 bits per heavy atom. The largest absolute Gasteiger partial charge is 0.313 e. The molecule has 0 aromatic carbocycles. The minimum absolute atomic E-state index is 0.302. The first kappa shape index (κ1) is 13.0. The molecular weight excluding hydrogens is 210 g/mol. The van der Waals surface area contributed by atoms with Gasteiger partial charge in [0.25, 0.3) is 0 Å². The molecule has 0 aromatic heterocycles. The fraction of sp³-hybridized carbons (Fsp3) is 1.00. The van der Waals surface area contributed by atoms with Gasteiger partial charge in [-0.05, 0) is 25.2 Å². The van der Waals surface area contributed by atoms with Crippen LogP contribution in [0.3, 0.4) is 0 Å². The van der Waals surface area contributed by atoms with Crippen LogP contribution in [-0.2, 0) is 9.84 Å². The molecule has 1 rings (SSSR count). The quantitative estimate of drug-likeness (QED) is 0.692. The Balaban J connectivity index is 2.08. The second-order valence-electron chi connectivity index (χ2n) is 4.50. The van der Waals surface area contributed by atoms with Crippen molar-refractivity contribution in [2.24, 2.45) is 5.92 Å². The molecule has 0 saturated heterocycles. The van der Waals surface area contributed by atoms with Crippen molar-refractivity contribution >= 4 is 9.84 Å². The van der Waals surface area contributed by atoms with Gasteiger partial charge in [-0.3, -0.25) is 0 Å². The van der Waals surface area contributed by atoms with E-state index in [1.165, 1.54) is 19.3 Å². The summed E-state index contributed by atoms with van der Waals surface area (Å²) < 4.78 is 22.8. The summed E-state index contributed by atoms with van der Waals surface area (Å²) in [5.74, 6) is 1.44. The molecule has 1 aliphatic carbocycles. The highest BCUT2D eigenvalue weighted by Crippen LogP contribution is 2.34. The van der Waals surface area contributed by atoms with E-state index in [0.717, 1.165) is 12.3 Å². The van der Waals surface area contributed by atoms with E-state index in [-0.39, 0.29) is 0 Å². The highest BCUT2D eigenvalue weighted by Gasteiger charge is 2.35. The summed E-state index contributed by atoms with van der Waals surface area (Å²) in [7, 11) is -2.79. The van der Waals surface area contributed by atoms with Gasteiger partial charge in [-0.1, -0.05) is 20.3 Å². The molecule has 3 nitrogen and oxygen atoms in total. The number of rotatable bonds is 8. The van der Waals surface area contributed by atoms with Crippen LogP contribution in [0.25, 0.3) is 0 Å². The third-order valence-corrected chi connectivity index (χ3v) is 4.77. The van der Waals surface area contributed by atoms with Crippen LogP contribution in [0.1, 0.15) is 39.5 Å². The third-order valence-electron chi connectivity index (χ3n) is 2.92. The van der Waals surface area contributed by atoms with Crippen LogP contribution < -0.4 is 5.32 Å². The maximum atomic E-state index is 11.4. The molecular formula is C11H23NO2S. The van der Waals surface area contributed by atoms with Gasteiger partial charge in [0.2, 0.25) is 0 Å². The second-order valence-corrected chi connectivity index (χ2v) is 6.80. The zero-order valence-electron chi connectivity index (χ0n) is 9.83. The predicted molar refractivity (Wildman–Crippen MR) is 63.8 cm³/mol. The normalized spacial score (nSPS) is 25.5. The van der Waals surface area contributed by atoms with Gasteiger partial charge in [-0.15, -0.1) is 0 Å². The van der Waals surface area contributed by atoms with Gasteiger partial charge in [0.1, 0.15) is 0 Å². The smallest absolute Gasteiger partial charge is 0.151 e. The third kappa shape index (κ3) is 4.98. The molecule has 0 radical (unpaired) electrons. The standard InChI is InChI=1S/C11H23NO2S/c1-3-5-10-9-11(10)12-6-8-15(13,14)7-4-2/h10-12H,3-9H2,1-2H3. The molecule has 0 aromatic rings. The lowest BCUT2D eigenvalue weighted by Gasteiger charge is -2.04. The maximum absolute atomic E-state index is 11.4.